The van der Waals surface area contributed by atoms with Crippen LogP contribution >= 0.6 is 0 Å². The molecule has 0 radical (unpaired) electrons. The van der Waals surface area contributed by atoms with Crippen LogP contribution in [0.5, 0.6) is 0 Å². The van der Waals surface area contributed by atoms with Gasteiger partial charge in [0.15, 0.2) is 0 Å². The van der Waals surface area contributed by atoms with Gasteiger partial charge in [0.2, 0.25) is 5.96 Å². The zero-order valence-corrected chi connectivity index (χ0v) is 13.1. The number of nitrogens with one attached hydrogen (secondary N) is 1. The highest BCUT2D eigenvalue weighted by Crippen LogP contribution is 2.01. The van der Waals surface area contributed by atoms with E-state index in [1.54, 1.807) is 0 Å². The third-order valence-corrected chi connectivity index (χ3v) is 2.82. The number of hydrogen-bond donors (Lipinski definition) is 2. The van der Waals surface area contributed by atoms with Crippen LogP contribution in [0.1, 0.15) is 27.2 Å². The second-order valence-corrected chi connectivity index (χ2v) is 4.80. The lowest BCUT2D eigenvalue weighted by Gasteiger charge is -2.32. The normalized spacial score (nSPS) is 13.7. The molecule has 0 heterocycles. The SMILES string of the molecule is CCOCCCN=C(NN)N(CC)C(C)CN(C)C. The molecule has 1 unspecified atom stereocenters. The summed E-state index contributed by atoms with van der Waals surface area (Å²) < 4.78 is 5.29. The van der Waals surface area contributed by atoms with E-state index in [4.69, 9.17) is 10.6 Å². The number of rotatable bonds is 9. The molecular formula is C13H31N5O. The molecule has 0 aromatic rings. The van der Waals surface area contributed by atoms with Crippen molar-refractivity contribution in [3.8, 4) is 0 Å². The zero-order valence-electron chi connectivity index (χ0n) is 13.1. The Morgan fingerprint density at radius 1 is 1.37 bits per heavy atom. The van der Waals surface area contributed by atoms with Gasteiger partial charge in [0.05, 0.1) is 0 Å². The lowest BCUT2D eigenvalue weighted by molar-refractivity contribution is 0.146. The maximum atomic E-state index is 5.59. The molecule has 0 rings (SSSR count). The van der Waals surface area contributed by atoms with E-state index < -0.39 is 0 Å². The van der Waals surface area contributed by atoms with Gasteiger partial charge in [-0.3, -0.25) is 10.4 Å². The molecule has 114 valence electrons. The molecule has 19 heavy (non-hydrogen) atoms. The average molecular weight is 273 g/mol. The number of nitrogens with two attached hydrogens (primary N) is 1. The summed E-state index contributed by atoms with van der Waals surface area (Å²) in [6, 6.07) is 0.363. The predicted octanol–water partition coefficient (Wildman–Crippen LogP) is 0.504. The fourth-order valence-corrected chi connectivity index (χ4v) is 2.01. The van der Waals surface area contributed by atoms with Crippen molar-refractivity contribution < 1.29 is 4.74 Å². The van der Waals surface area contributed by atoms with Crippen LogP contribution in [0.2, 0.25) is 0 Å². The summed E-state index contributed by atoms with van der Waals surface area (Å²) in [6.07, 6.45) is 0.915. The summed E-state index contributed by atoms with van der Waals surface area (Å²) in [7, 11) is 4.14. The third kappa shape index (κ3) is 8.02. The van der Waals surface area contributed by atoms with E-state index >= 15 is 0 Å². The maximum absolute atomic E-state index is 5.59. The molecule has 0 fully saturated rings. The van der Waals surface area contributed by atoms with Gasteiger partial charge in [0, 0.05) is 38.9 Å². The quantitative estimate of drug-likeness (QED) is 0.211. The number of guanidine groups is 1. The summed E-state index contributed by atoms with van der Waals surface area (Å²) in [4.78, 5) is 8.87. The summed E-state index contributed by atoms with van der Waals surface area (Å²) in [5.74, 6) is 6.35. The number of likely N-dealkylation sites (N-methyl/N-ethyl adjacent to an activating group) is 2. The first-order valence-corrected chi connectivity index (χ1v) is 7.06. The smallest absolute Gasteiger partial charge is 0.208 e. The van der Waals surface area contributed by atoms with Crippen molar-refractivity contribution in [3.05, 3.63) is 0 Å². The van der Waals surface area contributed by atoms with Crippen LogP contribution in [-0.2, 0) is 4.74 Å². The molecule has 0 bridgehead atoms. The van der Waals surface area contributed by atoms with Gasteiger partial charge in [-0.1, -0.05) is 0 Å². The maximum Gasteiger partial charge on any atom is 0.208 e. The first-order chi connectivity index (χ1) is 9.06. The van der Waals surface area contributed by atoms with Gasteiger partial charge in [-0.15, -0.1) is 0 Å². The highest BCUT2D eigenvalue weighted by molar-refractivity contribution is 5.79. The van der Waals surface area contributed by atoms with Gasteiger partial charge in [0.1, 0.15) is 0 Å². The summed E-state index contributed by atoms with van der Waals surface area (Å²) >= 11 is 0. The minimum Gasteiger partial charge on any atom is -0.382 e. The second-order valence-electron chi connectivity index (χ2n) is 4.80. The molecule has 0 aliphatic rings. The lowest BCUT2D eigenvalue weighted by Crippen LogP contribution is -2.51. The molecule has 0 aliphatic carbocycles. The van der Waals surface area contributed by atoms with Crippen LogP contribution in [-0.4, -0.2) is 68.7 Å². The van der Waals surface area contributed by atoms with E-state index in [0.29, 0.717) is 6.04 Å². The molecule has 6 nitrogen and oxygen atoms in total. The average Bonchev–Trinajstić information content (AvgIpc) is 2.36. The highest BCUT2D eigenvalue weighted by atomic mass is 16.5. The molecule has 3 N–H and O–H groups in total. The van der Waals surface area contributed by atoms with Gasteiger partial charge in [-0.2, -0.15) is 0 Å². The number of nitrogens with zero attached hydrogens (tertiary/aromatic N) is 3. The van der Waals surface area contributed by atoms with Crippen LogP contribution in [0.25, 0.3) is 0 Å². The summed E-state index contributed by atoms with van der Waals surface area (Å²) in [5.41, 5.74) is 2.71. The van der Waals surface area contributed by atoms with Crippen LogP contribution < -0.4 is 11.3 Å². The minimum atomic E-state index is 0.363. The second kappa shape index (κ2) is 11.0. The van der Waals surface area contributed by atoms with Crippen molar-refractivity contribution in [2.24, 2.45) is 10.8 Å². The molecule has 0 aliphatic heterocycles. The van der Waals surface area contributed by atoms with E-state index in [-0.39, 0.29) is 0 Å². The highest BCUT2D eigenvalue weighted by Gasteiger charge is 2.16. The zero-order chi connectivity index (χ0) is 14.7. The standard InChI is InChI=1S/C13H31N5O/c1-6-18(12(3)11-17(4)5)13(16-14)15-9-8-10-19-7-2/h12H,6-11,14H2,1-5H3,(H,15,16). The first kappa shape index (κ1) is 18.1. The van der Waals surface area contributed by atoms with Crippen molar-refractivity contribution in [1.82, 2.24) is 15.2 Å². The molecule has 6 heteroatoms. The topological polar surface area (TPSA) is 66.1 Å². The molecule has 0 aromatic heterocycles. The molecule has 0 aromatic carbocycles. The molecular weight excluding hydrogens is 242 g/mol. The number of hydrazine groups is 1. The fourth-order valence-electron chi connectivity index (χ4n) is 2.01. The Labute approximate surface area is 118 Å². The Hall–Kier alpha value is -0.850. The van der Waals surface area contributed by atoms with Crippen LogP contribution in [0.15, 0.2) is 4.99 Å². The molecule has 1 atom stereocenters. The van der Waals surface area contributed by atoms with E-state index in [2.05, 4.69) is 48.2 Å². The number of hydrogen-bond acceptors (Lipinski definition) is 4. The molecule has 0 spiro atoms. The van der Waals surface area contributed by atoms with Crippen molar-refractivity contribution in [2.45, 2.75) is 33.2 Å². The largest absolute Gasteiger partial charge is 0.382 e. The van der Waals surface area contributed by atoms with Crippen LogP contribution in [0.4, 0.5) is 0 Å². The van der Waals surface area contributed by atoms with Crippen molar-refractivity contribution >= 4 is 5.96 Å². The van der Waals surface area contributed by atoms with Gasteiger partial charge in [0.25, 0.3) is 0 Å². The Bertz CT molecular complexity index is 245. The minimum absolute atomic E-state index is 0.363. The van der Waals surface area contributed by atoms with Crippen molar-refractivity contribution in [1.29, 1.82) is 0 Å². The van der Waals surface area contributed by atoms with Gasteiger partial charge in [-0.25, -0.2) is 5.84 Å². The van der Waals surface area contributed by atoms with Gasteiger partial charge >= 0.3 is 0 Å². The fraction of sp³-hybridized carbons (Fsp3) is 0.923. The third-order valence-electron chi connectivity index (χ3n) is 2.82. The predicted molar refractivity (Wildman–Crippen MR) is 81.1 cm³/mol. The Balaban J connectivity index is 4.37. The first-order valence-electron chi connectivity index (χ1n) is 7.06. The van der Waals surface area contributed by atoms with Crippen molar-refractivity contribution in [3.63, 3.8) is 0 Å². The molecule has 0 saturated heterocycles. The van der Waals surface area contributed by atoms with Crippen LogP contribution in [0, 0.1) is 0 Å². The van der Waals surface area contributed by atoms with E-state index in [1.807, 2.05) is 6.92 Å². The summed E-state index contributed by atoms with van der Waals surface area (Å²) in [5, 5.41) is 0. The van der Waals surface area contributed by atoms with Gasteiger partial charge in [-0.05, 0) is 41.3 Å². The molecule has 0 amide bonds. The number of aliphatic imine (C=N–C) groups is 1. The van der Waals surface area contributed by atoms with E-state index in [0.717, 1.165) is 45.2 Å². The van der Waals surface area contributed by atoms with Gasteiger partial charge < -0.3 is 14.5 Å². The Morgan fingerprint density at radius 2 is 2.05 bits per heavy atom. The van der Waals surface area contributed by atoms with Crippen LogP contribution in [0.3, 0.4) is 0 Å². The Kier molecular flexibility index (Phi) is 10.5. The number of ether oxygens (including phenoxy) is 1. The van der Waals surface area contributed by atoms with Crippen molar-refractivity contribution in [2.75, 3.05) is 46.9 Å². The summed E-state index contributed by atoms with van der Waals surface area (Å²) in [6.45, 7) is 10.4. The Morgan fingerprint density at radius 3 is 2.53 bits per heavy atom. The van der Waals surface area contributed by atoms with E-state index in [9.17, 15) is 0 Å². The lowest BCUT2D eigenvalue weighted by atomic mass is 10.3. The monoisotopic (exact) mass is 273 g/mol. The molecule has 0 saturated carbocycles. The van der Waals surface area contributed by atoms with E-state index in [1.165, 1.54) is 0 Å².